The Labute approximate surface area is 123 Å². The molecular weight excluding hydrogens is 248 g/mol. The van der Waals surface area contributed by atoms with Gasteiger partial charge in [0.25, 0.3) is 0 Å². The molecule has 0 unspecified atom stereocenters. The van der Waals surface area contributed by atoms with Crippen molar-refractivity contribution in [2.45, 2.75) is 52.7 Å². The highest BCUT2D eigenvalue weighted by Crippen LogP contribution is 2.17. The zero-order valence-electron chi connectivity index (χ0n) is 13.7. The van der Waals surface area contributed by atoms with Crippen LogP contribution in [0.3, 0.4) is 0 Å². The highest BCUT2D eigenvalue weighted by molar-refractivity contribution is 5.79. The summed E-state index contributed by atoms with van der Waals surface area (Å²) in [6.07, 6.45) is 1.91. The van der Waals surface area contributed by atoms with Crippen molar-refractivity contribution in [1.82, 2.24) is 5.32 Å². The van der Waals surface area contributed by atoms with Gasteiger partial charge in [-0.05, 0) is 71.4 Å². The third-order valence-electron chi connectivity index (χ3n) is 2.44. The molecule has 3 heteroatoms. The summed E-state index contributed by atoms with van der Waals surface area (Å²) in [6.45, 7) is 14.3. The van der Waals surface area contributed by atoms with Gasteiger partial charge in [-0.2, -0.15) is 0 Å². The highest BCUT2D eigenvalue weighted by Gasteiger charge is 2.11. The van der Waals surface area contributed by atoms with Crippen LogP contribution in [0, 0.1) is 0 Å². The van der Waals surface area contributed by atoms with E-state index in [0.717, 1.165) is 24.4 Å². The molecule has 3 nitrogen and oxygen atoms in total. The van der Waals surface area contributed by atoms with Gasteiger partial charge in [-0.25, -0.2) is 0 Å². The minimum Gasteiger partial charge on any atom is -0.488 e. The Kier molecular flexibility index (Phi) is 5.75. The van der Waals surface area contributed by atoms with E-state index in [1.807, 2.05) is 51.3 Å². The SMILES string of the molecule is CC(C)(C)NCCN=Cc1ccc(OC(C)(C)C)cc1. The Morgan fingerprint density at radius 1 is 1.05 bits per heavy atom. The molecule has 1 N–H and O–H groups in total. The minimum absolute atomic E-state index is 0.154. The zero-order valence-corrected chi connectivity index (χ0v) is 13.7. The maximum atomic E-state index is 5.78. The second-order valence-corrected chi connectivity index (χ2v) is 7.00. The molecule has 112 valence electrons. The third-order valence-corrected chi connectivity index (χ3v) is 2.44. The Hall–Kier alpha value is -1.35. The summed E-state index contributed by atoms with van der Waals surface area (Å²) in [4.78, 5) is 4.42. The van der Waals surface area contributed by atoms with Crippen molar-refractivity contribution in [2.24, 2.45) is 4.99 Å². The maximum absolute atomic E-state index is 5.78. The standard InChI is InChI=1S/C17H28N2O/c1-16(2,3)19-12-11-18-13-14-7-9-15(10-8-14)20-17(4,5)6/h7-10,13,19H,11-12H2,1-6H3. The first-order chi connectivity index (χ1) is 9.16. The van der Waals surface area contributed by atoms with E-state index in [2.05, 4.69) is 31.1 Å². The van der Waals surface area contributed by atoms with Crippen LogP contribution < -0.4 is 10.1 Å². The first kappa shape index (κ1) is 16.7. The van der Waals surface area contributed by atoms with Gasteiger partial charge in [-0.1, -0.05) is 0 Å². The highest BCUT2D eigenvalue weighted by atomic mass is 16.5. The van der Waals surface area contributed by atoms with Crippen molar-refractivity contribution < 1.29 is 4.74 Å². The lowest BCUT2D eigenvalue weighted by Gasteiger charge is -2.21. The molecule has 1 aromatic carbocycles. The normalized spacial score (nSPS) is 12.9. The molecule has 0 aliphatic rings. The molecule has 0 aliphatic carbocycles. The van der Waals surface area contributed by atoms with Crippen molar-refractivity contribution in [2.75, 3.05) is 13.1 Å². The quantitative estimate of drug-likeness (QED) is 0.657. The Balaban J connectivity index is 2.41. The largest absolute Gasteiger partial charge is 0.488 e. The van der Waals surface area contributed by atoms with Gasteiger partial charge in [-0.15, -0.1) is 0 Å². The number of nitrogens with zero attached hydrogens (tertiary/aromatic N) is 1. The van der Waals surface area contributed by atoms with Crippen LogP contribution in [0.25, 0.3) is 0 Å². The smallest absolute Gasteiger partial charge is 0.120 e. The van der Waals surface area contributed by atoms with Crippen LogP contribution in [0.1, 0.15) is 47.1 Å². The van der Waals surface area contributed by atoms with E-state index < -0.39 is 0 Å². The summed E-state index contributed by atoms with van der Waals surface area (Å²) >= 11 is 0. The lowest BCUT2D eigenvalue weighted by molar-refractivity contribution is 0.131. The fourth-order valence-corrected chi connectivity index (χ4v) is 1.64. The van der Waals surface area contributed by atoms with Crippen LogP contribution in [0.5, 0.6) is 5.75 Å². The van der Waals surface area contributed by atoms with Gasteiger partial charge in [0, 0.05) is 18.3 Å². The van der Waals surface area contributed by atoms with Crippen LogP contribution in [-0.2, 0) is 0 Å². The van der Waals surface area contributed by atoms with Crippen LogP contribution in [0.2, 0.25) is 0 Å². The van der Waals surface area contributed by atoms with E-state index in [9.17, 15) is 0 Å². The van der Waals surface area contributed by atoms with E-state index >= 15 is 0 Å². The lowest BCUT2D eigenvalue weighted by atomic mass is 10.1. The van der Waals surface area contributed by atoms with Gasteiger partial charge in [0.15, 0.2) is 0 Å². The molecule has 0 radical (unpaired) electrons. The topological polar surface area (TPSA) is 33.6 Å². The zero-order chi connectivity index (χ0) is 15.2. The average molecular weight is 276 g/mol. The number of nitrogens with one attached hydrogen (secondary N) is 1. The van der Waals surface area contributed by atoms with Crippen LogP contribution in [-0.4, -0.2) is 30.4 Å². The van der Waals surface area contributed by atoms with Gasteiger partial charge >= 0.3 is 0 Å². The summed E-state index contributed by atoms with van der Waals surface area (Å²) in [5, 5.41) is 3.41. The Morgan fingerprint density at radius 2 is 1.65 bits per heavy atom. The molecule has 20 heavy (non-hydrogen) atoms. The number of rotatable bonds is 5. The molecule has 0 heterocycles. The molecule has 0 fully saturated rings. The van der Waals surface area contributed by atoms with E-state index in [1.54, 1.807) is 0 Å². The summed E-state index contributed by atoms with van der Waals surface area (Å²) in [7, 11) is 0. The Bertz CT molecular complexity index is 422. The average Bonchev–Trinajstić information content (AvgIpc) is 2.27. The number of hydrogen-bond donors (Lipinski definition) is 1. The van der Waals surface area contributed by atoms with E-state index in [4.69, 9.17) is 4.74 Å². The first-order valence-corrected chi connectivity index (χ1v) is 7.20. The fourth-order valence-electron chi connectivity index (χ4n) is 1.64. The molecule has 0 bridgehead atoms. The summed E-state index contributed by atoms with van der Waals surface area (Å²) in [5.41, 5.74) is 1.09. The first-order valence-electron chi connectivity index (χ1n) is 7.20. The van der Waals surface area contributed by atoms with Crippen LogP contribution in [0.15, 0.2) is 29.3 Å². The van der Waals surface area contributed by atoms with Crippen molar-refractivity contribution in [3.05, 3.63) is 29.8 Å². The van der Waals surface area contributed by atoms with Gasteiger partial charge in [0.05, 0.1) is 6.54 Å². The van der Waals surface area contributed by atoms with E-state index in [1.165, 1.54) is 0 Å². The van der Waals surface area contributed by atoms with Crippen molar-refractivity contribution in [1.29, 1.82) is 0 Å². The van der Waals surface area contributed by atoms with Crippen molar-refractivity contribution >= 4 is 6.21 Å². The van der Waals surface area contributed by atoms with E-state index in [-0.39, 0.29) is 11.1 Å². The summed E-state index contributed by atoms with van der Waals surface area (Å²) < 4.78 is 5.78. The number of ether oxygens (including phenoxy) is 1. The minimum atomic E-state index is -0.159. The van der Waals surface area contributed by atoms with E-state index in [0.29, 0.717) is 0 Å². The second kappa shape index (κ2) is 6.89. The van der Waals surface area contributed by atoms with Gasteiger partial charge in [0.2, 0.25) is 0 Å². The van der Waals surface area contributed by atoms with Gasteiger partial charge < -0.3 is 10.1 Å². The Morgan fingerprint density at radius 3 is 2.15 bits per heavy atom. The molecular formula is C17H28N2O. The fraction of sp³-hybridized carbons (Fsp3) is 0.588. The number of aliphatic imine (C=N–C) groups is 1. The third kappa shape index (κ3) is 7.95. The second-order valence-electron chi connectivity index (χ2n) is 7.00. The molecule has 0 atom stereocenters. The van der Waals surface area contributed by atoms with Crippen molar-refractivity contribution in [3.8, 4) is 5.75 Å². The molecule has 0 saturated heterocycles. The predicted octanol–water partition coefficient (Wildman–Crippen LogP) is 3.67. The number of benzene rings is 1. The molecule has 1 aromatic rings. The maximum Gasteiger partial charge on any atom is 0.120 e. The number of hydrogen-bond acceptors (Lipinski definition) is 3. The summed E-state index contributed by atoms with van der Waals surface area (Å²) in [6, 6.07) is 8.03. The molecule has 0 spiro atoms. The van der Waals surface area contributed by atoms with Crippen molar-refractivity contribution in [3.63, 3.8) is 0 Å². The molecule has 0 amide bonds. The van der Waals surface area contributed by atoms with Crippen LogP contribution >= 0.6 is 0 Å². The molecule has 0 aromatic heterocycles. The molecule has 0 saturated carbocycles. The monoisotopic (exact) mass is 276 g/mol. The van der Waals surface area contributed by atoms with Gasteiger partial charge in [-0.3, -0.25) is 4.99 Å². The molecule has 0 aliphatic heterocycles. The lowest BCUT2D eigenvalue weighted by Crippen LogP contribution is -2.37. The summed E-state index contributed by atoms with van der Waals surface area (Å²) in [5.74, 6) is 0.893. The predicted molar refractivity (Wildman–Crippen MR) is 87.0 cm³/mol. The molecule has 1 rings (SSSR count). The van der Waals surface area contributed by atoms with Gasteiger partial charge in [0.1, 0.15) is 11.4 Å². The van der Waals surface area contributed by atoms with Crippen LogP contribution in [0.4, 0.5) is 0 Å².